The number of rotatable bonds is 5. The third kappa shape index (κ3) is 3.67. The van der Waals surface area contributed by atoms with Crippen molar-refractivity contribution < 1.29 is 14.5 Å². The molecule has 0 radical (unpaired) electrons. The molecule has 0 bridgehead atoms. The normalized spacial score (nSPS) is 10.6. The molecule has 2 aromatic heterocycles. The van der Waals surface area contributed by atoms with Gasteiger partial charge in [0.15, 0.2) is 6.54 Å². The molecule has 0 saturated heterocycles. The third-order valence-corrected chi connectivity index (χ3v) is 4.63. The topological polar surface area (TPSA) is 54.1 Å². The number of hydrogen-bond acceptors (Lipinski definition) is 2. The van der Waals surface area contributed by atoms with Gasteiger partial charge in [0.05, 0.1) is 0 Å². The predicted octanol–water partition coefficient (Wildman–Crippen LogP) is 4.45. The zero-order valence-corrected chi connectivity index (χ0v) is 15.2. The van der Waals surface area contributed by atoms with Crippen LogP contribution in [0.5, 0.6) is 0 Å². The SMILES string of the molecule is O=C(O)c1cc(-c2ccccc2)cc(-c2ccccc2)[n+]1Cc1cccnc1. The highest BCUT2D eigenvalue weighted by Crippen LogP contribution is 2.25. The average molecular weight is 367 g/mol. The second-order valence-electron chi connectivity index (χ2n) is 6.50. The van der Waals surface area contributed by atoms with Crippen molar-refractivity contribution in [3.8, 4) is 22.4 Å². The van der Waals surface area contributed by atoms with Crippen LogP contribution in [0.25, 0.3) is 22.4 Å². The molecule has 136 valence electrons. The van der Waals surface area contributed by atoms with E-state index in [1.54, 1.807) is 18.5 Å². The molecule has 4 heteroatoms. The predicted molar refractivity (Wildman–Crippen MR) is 108 cm³/mol. The summed E-state index contributed by atoms with van der Waals surface area (Å²) in [6.45, 7) is 0.425. The van der Waals surface area contributed by atoms with Gasteiger partial charge in [0.1, 0.15) is 0 Å². The number of carboxylic acid groups (broad SMARTS) is 1. The molecule has 4 nitrogen and oxygen atoms in total. The molecule has 0 atom stereocenters. The van der Waals surface area contributed by atoms with Crippen LogP contribution in [0.2, 0.25) is 0 Å². The smallest absolute Gasteiger partial charge is 0.401 e. The van der Waals surface area contributed by atoms with Gasteiger partial charge in [-0.05, 0) is 35.4 Å². The number of carboxylic acids is 1. The van der Waals surface area contributed by atoms with Gasteiger partial charge in [-0.25, -0.2) is 4.79 Å². The fourth-order valence-corrected chi connectivity index (χ4v) is 3.29. The largest absolute Gasteiger partial charge is 0.473 e. The van der Waals surface area contributed by atoms with Crippen molar-refractivity contribution in [2.75, 3.05) is 0 Å². The number of pyridine rings is 2. The van der Waals surface area contributed by atoms with Gasteiger partial charge in [-0.3, -0.25) is 4.98 Å². The number of aromatic nitrogens is 2. The van der Waals surface area contributed by atoms with Crippen molar-refractivity contribution in [1.82, 2.24) is 4.98 Å². The van der Waals surface area contributed by atoms with E-state index in [1.807, 2.05) is 83.4 Å². The lowest BCUT2D eigenvalue weighted by Gasteiger charge is -2.10. The third-order valence-electron chi connectivity index (χ3n) is 4.63. The summed E-state index contributed by atoms with van der Waals surface area (Å²) in [6.07, 6.45) is 3.47. The maximum Gasteiger partial charge on any atom is 0.401 e. The van der Waals surface area contributed by atoms with Gasteiger partial charge in [-0.15, -0.1) is 0 Å². The van der Waals surface area contributed by atoms with E-state index in [9.17, 15) is 9.90 Å². The Bertz CT molecular complexity index is 1100. The lowest BCUT2D eigenvalue weighted by atomic mass is 10.0. The van der Waals surface area contributed by atoms with Gasteiger partial charge in [0, 0.05) is 35.7 Å². The first kappa shape index (κ1) is 17.6. The summed E-state index contributed by atoms with van der Waals surface area (Å²) in [7, 11) is 0. The van der Waals surface area contributed by atoms with Crippen LogP contribution in [-0.2, 0) is 6.54 Å². The van der Waals surface area contributed by atoms with E-state index < -0.39 is 5.97 Å². The number of carbonyl (C=O) groups is 1. The molecule has 0 unspecified atom stereocenters. The molecule has 0 saturated carbocycles. The highest BCUT2D eigenvalue weighted by atomic mass is 16.4. The average Bonchev–Trinajstić information content (AvgIpc) is 2.75. The zero-order valence-electron chi connectivity index (χ0n) is 15.2. The van der Waals surface area contributed by atoms with Gasteiger partial charge < -0.3 is 5.11 Å². The Morgan fingerprint density at radius 1 is 0.821 bits per heavy atom. The Hall–Kier alpha value is -3.79. The second-order valence-corrected chi connectivity index (χ2v) is 6.50. The molecule has 4 rings (SSSR count). The van der Waals surface area contributed by atoms with Crippen molar-refractivity contribution in [3.63, 3.8) is 0 Å². The van der Waals surface area contributed by atoms with E-state index in [-0.39, 0.29) is 5.69 Å². The van der Waals surface area contributed by atoms with Gasteiger partial charge in [-0.1, -0.05) is 48.5 Å². The summed E-state index contributed by atoms with van der Waals surface area (Å²) >= 11 is 0. The summed E-state index contributed by atoms with van der Waals surface area (Å²) in [4.78, 5) is 16.3. The monoisotopic (exact) mass is 367 g/mol. The molecule has 2 aromatic carbocycles. The van der Waals surface area contributed by atoms with Crippen molar-refractivity contribution in [2.24, 2.45) is 0 Å². The minimum Gasteiger partial charge on any atom is -0.473 e. The summed E-state index contributed by atoms with van der Waals surface area (Å²) in [6, 6.07) is 27.3. The van der Waals surface area contributed by atoms with E-state index in [2.05, 4.69) is 4.98 Å². The van der Waals surface area contributed by atoms with E-state index in [1.165, 1.54) is 0 Å². The molecule has 0 aliphatic rings. The van der Waals surface area contributed by atoms with Crippen molar-refractivity contribution in [2.45, 2.75) is 6.54 Å². The van der Waals surface area contributed by atoms with Gasteiger partial charge in [0.25, 0.3) is 5.69 Å². The molecule has 0 fully saturated rings. The lowest BCUT2D eigenvalue weighted by Crippen LogP contribution is -2.43. The summed E-state index contributed by atoms with van der Waals surface area (Å²) in [5, 5.41) is 9.95. The molecule has 0 amide bonds. The molecular formula is C24H19N2O2+. The van der Waals surface area contributed by atoms with Crippen LogP contribution < -0.4 is 4.57 Å². The van der Waals surface area contributed by atoms with E-state index in [0.29, 0.717) is 6.54 Å². The first-order valence-corrected chi connectivity index (χ1v) is 9.03. The Morgan fingerprint density at radius 3 is 2.11 bits per heavy atom. The fourth-order valence-electron chi connectivity index (χ4n) is 3.29. The Labute approximate surface area is 163 Å². The van der Waals surface area contributed by atoms with Crippen molar-refractivity contribution in [1.29, 1.82) is 0 Å². The first-order valence-electron chi connectivity index (χ1n) is 9.03. The van der Waals surface area contributed by atoms with Crippen LogP contribution in [0.15, 0.2) is 97.3 Å². The van der Waals surface area contributed by atoms with E-state index in [4.69, 9.17) is 0 Å². The molecule has 1 N–H and O–H groups in total. The van der Waals surface area contributed by atoms with E-state index in [0.717, 1.165) is 27.9 Å². The fraction of sp³-hybridized carbons (Fsp3) is 0.0417. The quantitative estimate of drug-likeness (QED) is 0.530. The van der Waals surface area contributed by atoms with Crippen LogP contribution in [0.3, 0.4) is 0 Å². The Balaban J connectivity index is 1.96. The zero-order chi connectivity index (χ0) is 19.3. The van der Waals surface area contributed by atoms with E-state index >= 15 is 0 Å². The minimum absolute atomic E-state index is 0.240. The van der Waals surface area contributed by atoms with Crippen LogP contribution in [0, 0.1) is 0 Å². The van der Waals surface area contributed by atoms with Gasteiger partial charge in [-0.2, -0.15) is 4.57 Å². The molecule has 0 aliphatic carbocycles. The van der Waals surface area contributed by atoms with Crippen LogP contribution >= 0.6 is 0 Å². The van der Waals surface area contributed by atoms with Crippen LogP contribution in [0.1, 0.15) is 16.1 Å². The van der Waals surface area contributed by atoms with Crippen LogP contribution in [-0.4, -0.2) is 16.1 Å². The summed E-state index contributed by atoms with van der Waals surface area (Å²) in [5.41, 5.74) is 4.86. The highest BCUT2D eigenvalue weighted by molar-refractivity contribution is 5.86. The van der Waals surface area contributed by atoms with Gasteiger partial charge in [0.2, 0.25) is 5.69 Å². The number of aromatic carboxylic acids is 1. The maximum atomic E-state index is 12.1. The minimum atomic E-state index is -0.959. The Kier molecular flexibility index (Phi) is 4.93. The standard InChI is InChI=1S/C24H18N2O2/c27-24(28)23-15-21(19-9-3-1-4-10-19)14-22(20-11-5-2-6-12-20)26(23)17-18-8-7-13-25-16-18/h1-16H,17H2/p+1. The molecule has 4 aromatic rings. The van der Waals surface area contributed by atoms with Gasteiger partial charge >= 0.3 is 5.97 Å². The molecule has 2 heterocycles. The molecule has 0 aliphatic heterocycles. The lowest BCUT2D eigenvalue weighted by molar-refractivity contribution is -0.679. The summed E-state index contributed by atoms with van der Waals surface area (Å²) < 4.78 is 1.83. The Morgan fingerprint density at radius 2 is 1.50 bits per heavy atom. The van der Waals surface area contributed by atoms with Crippen LogP contribution in [0.4, 0.5) is 0 Å². The number of hydrogen-bond donors (Lipinski definition) is 1. The molecular weight excluding hydrogens is 348 g/mol. The number of nitrogens with zero attached hydrogens (tertiary/aromatic N) is 2. The second kappa shape index (κ2) is 7.84. The maximum absolute atomic E-state index is 12.1. The van der Waals surface area contributed by atoms with Crippen molar-refractivity contribution in [3.05, 3.63) is 109 Å². The molecule has 0 spiro atoms. The molecule has 28 heavy (non-hydrogen) atoms. The highest BCUT2D eigenvalue weighted by Gasteiger charge is 2.26. The number of benzene rings is 2. The first-order chi connectivity index (χ1) is 13.7. The van der Waals surface area contributed by atoms with Crippen molar-refractivity contribution >= 4 is 5.97 Å². The summed E-state index contributed by atoms with van der Waals surface area (Å²) in [5.74, 6) is -0.959.